The molecule has 1 saturated heterocycles. The molecular weight excluding hydrogens is 454 g/mol. The summed E-state index contributed by atoms with van der Waals surface area (Å²) in [5, 5.41) is 2.94. The van der Waals surface area contributed by atoms with Crippen molar-refractivity contribution in [2.24, 2.45) is 5.90 Å². The average Bonchev–Trinajstić information content (AvgIpc) is 3.54. The molecule has 1 amide bonds. The highest BCUT2D eigenvalue weighted by molar-refractivity contribution is 5.73. The second kappa shape index (κ2) is 16.0. The van der Waals surface area contributed by atoms with Crippen LogP contribution in [0.5, 0.6) is 5.75 Å². The molecule has 3 N–H and O–H groups in total. The molecule has 0 bridgehead atoms. The quantitative estimate of drug-likeness (QED) is 0.568. The number of amides is 1. The average molecular weight is 499 g/mol. The lowest BCUT2D eigenvalue weighted by Crippen LogP contribution is -2.34. The van der Waals surface area contributed by atoms with E-state index in [2.05, 4.69) is 26.9 Å². The minimum atomic E-state index is -0.948. The number of nitrogens with zero attached hydrogens (tertiary/aromatic N) is 2. The van der Waals surface area contributed by atoms with Crippen LogP contribution in [0.4, 0.5) is 8.78 Å². The van der Waals surface area contributed by atoms with Gasteiger partial charge >= 0.3 is 0 Å². The second-order valence-electron chi connectivity index (χ2n) is 9.57. The lowest BCUT2D eigenvalue weighted by Gasteiger charge is -2.21. The Morgan fingerprint density at radius 2 is 1.63 bits per heavy atom. The summed E-state index contributed by atoms with van der Waals surface area (Å²) in [5.74, 6) is 3.56. The van der Waals surface area contributed by atoms with Gasteiger partial charge in [-0.1, -0.05) is 39.0 Å². The first-order valence-electron chi connectivity index (χ1n) is 13.0. The van der Waals surface area contributed by atoms with Crippen LogP contribution < -0.4 is 16.1 Å². The standard InChI is InChI=1S/C12H17F2N3O.C8H15NO.C6H12O/c1-2-16-3-4-17(8-16)7-9-5-10(13)11(14)6-12(9)18-15;1-7(10)9-8-5-3-2-4-6-8;1-7-6-4-2-3-5-6/h5-6H,2-4,7-8,15H2,1H3;8H,2-6H2,1H3,(H,9,10);6H,2-5H2,1H3. The van der Waals surface area contributed by atoms with Gasteiger partial charge in [0.25, 0.3) is 0 Å². The van der Waals surface area contributed by atoms with Crippen LogP contribution in [0.15, 0.2) is 12.1 Å². The van der Waals surface area contributed by atoms with E-state index in [0.29, 0.717) is 24.3 Å². The van der Waals surface area contributed by atoms with Crippen molar-refractivity contribution in [3.8, 4) is 5.75 Å². The first kappa shape index (κ1) is 29.4. The van der Waals surface area contributed by atoms with Gasteiger partial charge in [0, 0.05) is 51.3 Å². The highest BCUT2D eigenvalue weighted by atomic mass is 19.2. The number of likely N-dealkylation sites (N-methyl/N-ethyl adjacent to an activating group) is 1. The second-order valence-corrected chi connectivity index (χ2v) is 9.57. The van der Waals surface area contributed by atoms with E-state index in [1.165, 1.54) is 57.8 Å². The van der Waals surface area contributed by atoms with Crippen molar-refractivity contribution >= 4 is 5.91 Å². The molecular formula is C26H44F2N4O3. The molecule has 7 nitrogen and oxygen atoms in total. The monoisotopic (exact) mass is 498 g/mol. The molecule has 3 aliphatic rings. The smallest absolute Gasteiger partial charge is 0.217 e. The Morgan fingerprint density at radius 1 is 1.03 bits per heavy atom. The topological polar surface area (TPSA) is 80.1 Å². The summed E-state index contributed by atoms with van der Waals surface area (Å²) in [6.07, 6.45) is 12.2. The van der Waals surface area contributed by atoms with Crippen molar-refractivity contribution in [2.45, 2.75) is 90.3 Å². The Morgan fingerprint density at radius 3 is 2.14 bits per heavy atom. The van der Waals surface area contributed by atoms with Crippen LogP contribution in [0.1, 0.15) is 77.2 Å². The highest BCUT2D eigenvalue weighted by Crippen LogP contribution is 2.24. The van der Waals surface area contributed by atoms with E-state index in [1.807, 2.05) is 0 Å². The lowest BCUT2D eigenvalue weighted by molar-refractivity contribution is -0.119. The highest BCUT2D eigenvalue weighted by Gasteiger charge is 2.21. The van der Waals surface area contributed by atoms with E-state index in [9.17, 15) is 13.6 Å². The van der Waals surface area contributed by atoms with Crippen LogP contribution in [0.2, 0.25) is 0 Å². The van der Waals surface area contributed by atoms with Gasteiger partial charge in [0.1, 0.15) is 0 Å². The maximum absolute atomic E-state index is 13.2. The molecule has 0 aromatic heterocycles. The molecule has 0 spiro atoms. The molecule has 2 aliphatic carbocycles. The van der Waals surface area contributed by atoms with Gasteiger partial charge in [-0.2, -0.15) is 5.90 Å². The molecule has 1 aromatic rings. The molecule has 3 fully saturated rings. The zero-order valence-electron chi connectivity index (χ0n) is 21.7. The number of benzene rings is 1. The normalized spacial score (nSPS) is 19.5. The van der Waals surface area contributed by atoms with Crippen LogP contribution in [-0.2, 0) is 16.1 Å². The minimum absolute atomic E-state index is 0.118. The fourth-order valence-corrected chi connectivity index (χ4v) is 4.80. The number of hydrogen-bond donors (Lipinski definition) is 2. The van der Waals surface area contributed by atoms with Crippen molar-refractivity contribution in [1.29, 1.82) is 0 Å². The van der Waals surface area contributed by atoms with Crippen molar-refractivity contribution < 1.29 is 23.1 Å². The zero-order chi connectivity index (χ0) is 25.6. The van der Waals surface area contributed by atoms with Gasteiger partial charge in [-0.15, -0.1) is 0 Å². The van der Waals surface area contributed by atoms with Crippen molar-refractivity contribution in [3.05, 3.63) is 29.3 Å². The molecule has 35 heavy (non-hydrogen) atoms. The Bertz CT molecular complexity index is 756. The Hall–Kier alpha value is -1.81. The Labute approximate surface area is 209 Å². The van der Waals surface area contributed by atoms with Gasteiger partial charge in [-0.05, 0) is 38.3 Å². The maximum atomic E-state index is 13.2. The zero-order valence-corrected chi connectivity index (χ0v) is 21.7. The van der Waals surface area contributed by atoms with E-state index < -0.39 is 11.6 Å². The van der Waals surface area contributed by atoms with Gasteiger partial charge < -0.3 is 14.9 Å². The first-order valence-corrected chi connectivity index (χ1v) is 13.0. The summed E-state index contributed by atoms with van der Waals surface area (Å²) in [4.78, 5) is 19.6. The molecule has 9 heteroatoms. The fourth-order valence-electron chi connectivity index (χ4n) is 4.80. The number of ether oxygens (including phenoxy) is 1. The largest absolute Gasteiger partial charge is 0.411 e. The first-order chi connectivity index (χ1) is 16.9. The fraction of sp³-hybridized carbons (Fsp3) is 0.731. The molecule has 200 valence electrons. The lowest BCUT2D eigenvalue weighted by atomic mass is 9.95. The van der Waals surface area contributed by atoms with Gasteiger partial charge in [-0.3, -0.25) is 14.6 Å². The van der Waals surface area contributed by atoms with E-state index in [0.717, 1.165) is 38.4 Å². The maximum Gasteiger partial charge on any atom is 0.217 e. The van der Waals surface area contributed by atoms with Crippen LogP contribution in [0, 0.1) is 11.6 Å². The Balaban J connectivity index is 0.000000212. The third kappa shape index (κ3) is 10.8. The number of methoxy groups -OCH3 is 1. The van der Waals surface area contributed by atoms with Crippen molar-refractivity contribution in [2.75, 3.05) is 33.4 Å². The van der Waals surface area contributed by atoms with Crippen LogP contribution in [0.25, 0.3) is 0 Å². The molecule has 2 saturated carbocycles. The summed E-state index contributed by atoms with van der Waals surface area (Å²) in [5.41, 5.74) is 0.564. The summed E-state index contributed by atoms with van der Waals surface area (Å²) in [6.45, 7) is 7.87. The van der Waals surface area contributed by atoms with Gasteiger partial charge in [0.2, 0.25) is 5.91 Å². The van der Waals surface area contributed by atoms with Crippen LogP contribution >= 0.6 is 0 Å². The van der Waals surface area contributed by atoms with Crippen molar-refractivity contribution in [1.82, 2.24) is 15.1 Å². The summed E-state index contributed by atoms with van der Waals surface area (Å²) >= 11 is 0. The van der Waals surface area contributed by atoms with E-state index in [-0.39, 0.29) is 11.7 Å². The summed E-state index contributed by atoms with van der Waals surface area (Å²) in [7, 11) is 1.80. The van der Waals surface area contributed by atoms with Gasteiger partial charge in [-0.25, -0.2) is 8.78 Å². The predicted molar refractivity (Wildman–Crippen MR) is 134 cm³/mol. The third-order valence-corrected chi connectivity index (χ3v) is 6.85. The number of rotatable bonds is 6. The van der Waals surface area contributed by atoms with E-state index >= 15 is 0 Å². The summed E-state index contributed by atoms with van der Waals surface area (Å²) in [6, 6.07) is 2.61. The number of carbonyl (C=O) groups excluding carboxylic acids is 1. The molecule has 1 aliphatic heterocycles. The minimum Gasteiger partial charge on any atom is -0.411 e. The van der Waals surface area contributed by atoms with E-state index in [4.69, 9.17) is 10.6 Å². The Kier molecular flexibility index (Phi) is 13.5. The molecule has 0 radical (unpaired) electrons. The van der Waals surface area contributed by atoms with E-state index in [1.54, 1.807) is 14.0 Å². The SMILES string of the molecule is CC(=O)NC1CCCCC1.CCN1CCN(Cc2cc(F)c(F)cc2ON)C1.COC1CCCC1. The number of nitrogens with two attached hydrogens (primary N) is 1. The van der Waals surface area contributed by atoms with Crippen molar-refractivity contribution in [3.63, 3.8) is 0 Å². The number of hydrogen-bond acceptors (Lipinski definition) is 6. The predicted octanol–water partition coefficient (Wildman–Crippen LogP) is 4.34. The molecule has 4 rings (SSSR count). The van der Waals surface area contributed by atoms with Gasteiger partial charge in [0.05, 0.1) is 12.8 Å². The third-order valence-electron chi connectivity index (χ3n) is 6.85. The molecule has 1 heterocycles. The summed E-state index contributed by atoms with van der Waals surface area (Å²) < 4.78 is 31.4. The molecule has 0 unspecified atom stereocenters. The number of carbonyl (C=O) groups is 1. The number of halogens is 2. The molecule has 0 atom stereocenters. The molecule has 1 aromatic carbocycles. The van der Waals surface area contributed by atoms with Crippen LogP contribution in [0.3, 0.4) is 0 Å². The van der Waals surface area contributed by atoms with Crippen LogP contribution in [-0.4, -0.2) is 61.3 Å². The van der Waals surface area contributed by atoms with Gasteiger partial charge in [0.15, 0.2) is 17.4 Å². The number of nitrogens with one attached hydrogen (secondary N) is 1.